The van der Waals surface area contributed by atoms with E-state index < -0.39 is 0 Å². The van der Waals surface area contributed by atoms with E-state index in [1.807, 2.05) is 44.3 Å². The highest BCUT2D eigenvalue weighted by Gasteiger charge is 2.26. The molecule has 7 heteroatoms. The fourth-order valence-corrected chi connectivity index (χ4v) is 3.96. The highest BCUT2D eigenvalue weighted by Crippen LogP contribution is 2.35. The standard InChI is InChI=1S/C26H28N4O3/c1-16(25-21-14-19(27)6-9-22(21)29-26(25)33)28-20-7-3-18(4-8-20)15-30(2)12-11-17-5-10-23(31)24(32)13-17/h3-10,13-14,28,31-32H,11-12,15,27H2,1-2H3,(H,29,33)/b25-16-. The van der Waals surface area contributed by atoms with Gasteiger partial charge in [0, 0.05) is 41.4 Å². The van der Waals surface area contributed by atoms with Crippen LogP contribution in [-0.4, -0.2) is 34.6 Å². The average molecular weight is 445 g/mol. The lowest BCUT2D eigenvalue weighted by Crippen LogP contribution is -2.20. The first kappa shape index (κ1) is 22.2. The van der Waals surface area contributed by atoms with E-state index in [-0.39, 0.29) is 17.4 Å². The Kier molecular flexibility index (Phi) is 6.24. The molecule has 1 heterocycles. The summed E-state index contributed by atoms with van der Waals surface area (Å²) in [4.78, 5) is 14.7. The molecule has 170 valence electrons. The number of carbonyl (C=O) groups excluding carboxylic acids is 1. The van der Waals surface area contributed by atoms with Gasteiger partial charge in [-0.25, -0.2) is 0 Å². The molecule has 0 saturated carbocycles. The summed E-state index contributed by atoms with van der Waals surface area (Å²) >= 11 is 0. The number of aromatic hydroxyl groups is 2. The van der Waals surface area contributed by atoms with Crippen LogP contribution in [0.5, 0.6) is 11.5 Å². The summed E-state index contributed by atoms with van der Waals surface area (Å²) in [6, 6.07) is 18.4. The van der Waals surface area contributed by atoms with Gasteiger partial charge in [0.15, 0.2) is 11.5 Å². The van der Waals surface area contributed by atoms with Crippen molar-refractivity contribution in [2.75, 3.05) is 30.0 Å². The minimum Gasteiger partial charge on any atom is -0.504 e. The van der Waals surface area contributed by atoms with Crippen molar-refractivity contribution in [3.63, 3.8) is 0 Å². The van der Waals surface area contributed by atoms with Crippen molar-refractivity contribution < 1.29 is 15.0 Å². The SMILES string of the molecule is C/C(Nc1ccc(CN(C)CCc2ccc(O)c(O)c2)cc1)=C1/C(=O)Nc2ccc(N)cc21. The van der Waals surface area contributed by atoms with Crippen LogP contribution in [0.1, 0.15) is 23.6 Å². The van der Waals surface area contributed by atoms with Crippen molar-refractivity contribution in [1.82, 2.24) is 4.90 Å². The van der Waals surface area contributed by atoms with Crippen LogP contribution < -0.4 is 16.4 Å². The Morgan fingerprint density at radius 3 is 2.45 bits per heavy atom. The van der Waals surface area contributed by atoms with Crippen molar-refractivity contribution in [2.45, 2.75) is 19.9 Å². The number of rotatable bonds is 7. The van der Waals surface area contributed by atoms with Crippen molar-refractivity contribution in [2.24, 2.45) is 0 Å². The molecule has 4 rings (SSSR count). The topological polar surface area (TPSA) is 111 Å². The van der Waals surface area contributed by atoms with E-state index in [4.69, 9.17) is 5.73 Å². The van der Waals surface area contributed by atoms with Crippen molar-refractivity contribution in [1.29, 1.82) is 0 Å². The molecule has 0 saturated heterocycles. The van der Waals surface area contributed by atoms with Gasteiger partial charge in [-0.3, -0.25) is 4.79 Å². The van der Waals surface area contributed by atoms with E-state index >= 15 is 0 Å². The largest absolute Gasteiger partial charge is 0.504 e. The molecular weight excluding hydrogens is 416 g/mol. The number of nitrogens with one attached hydrogen (secondary N) is 2. The van der Waals surface area contributed by atoms with Crippen molar-refractivity contribution >= 4 is 28.5 Å². The smallest absolute Gasteiger partial charge is 0.258 e. The first-order valence-corrected chi connectivity index (χ1v) is 10.8. The van der Waals surface area contributed by atoms with E-state index in [0.717, 1.165) is 47.7 Å². The van der Waals surface area contributed by atoms with Crippen LogP contribution in [0.15, 0.2) is 66.4 Å². The van der Waals surface area contributed by atoms with Gasteiger partial charge in [0.05, 0.1) is 5.57 Å². The first-order chi connectivity index (χ1) is 15.8. The van der Waals surface area contributed by atoms with Crippen LogP contribution in [0.25, 0.3) is 5.57 Å². The Balaban J connectivity index is 1.37. The normalized spacial score (nSPS) is 14.2. The lowest BCUT2D eigenvalue weighted by atomic mass is 10.0. The van der Waals surface area contributed by atoms with E-state index in [9.17, 15) is 15.0 Å². The number of nitrogen functional groups attached to an aromatic ring is 1. The molecule has 0 atom stereocenters. The molecule has 0 fully saturated rings. The Morgan fingerprint density at radius 2 is 1.73 bits per heavy atom. The summed E-state index contributed by atoms with van der Waals surface area (Å²) in [6.45, 7) is 3.47. The Labute approximate surface area is 193 Å². The maximum atomic E-state index is 12.5. The van der Waals surface area contributed by atoms with Crippen LogP contribution in [0.2, 0.25) is 0 Å². The second-order valence-electron chi connectivity index (χ2n) is 8.39. The van der Waals surface area contributed by atoms with E-state index in [2.05, 4.69) is 27.7 Å². The Bertz CT molecular complexity index is 1220. The molecule has 6 N–H and O–H groups in total. The molecule has 1 aliphatic rings. The van der Waals surface area contributed by atoms with Gasteiger partial charge in [0.25, 0.3) is 5.91 Å². The van der Waals surface area contributed by atoms with Crippen molar-refractivity contribution in [3.05, 3.63) is 83.1 Å². The molecule has 1 amide bonds. The molecule has 0 unspecified atom stereocenters. The van der Waals surface area contributed by atoms with Gasteiger partial charge in [-0.2, -0.15) is 0 Å². The third kappa shape index (κ3) is 5.10. The molecule has 0 bridgehead atoms. The summed E-state index contributed by atoms with van der Waals surface area (Å²) in [5, 5.41) is 25.3. The minimum absolute atomic E-state index is 0.0921. The highest BCUT2D eigenvalue weighted by atomic mass is 16.3. The summed E-state index contributed by atoms with van der Waals surface area (Å²) in [7, 11) is 2.04. The lowest BCUT2D eigenvalue weighted by molar-refractivity contribution is -0.110. The molecule has 1 aliphatic heterocycles. The lowest BCUT2D eigenvalue weighted by Gasteiger charge is -2.17. The number of likely N-dealkylation sites (N-methyl/N-ethyl adjacent to an activating group) is 1. The van der Waals surface area contributed by atoms with Crippen LogP contribution in [0.3, 0.4) is 0 Å². The number of nitrogens with zero attached hydrogens (tertiary/aromatic N) is 1. The number of benzene rings is 3. The zero-order valence-electron chi connectivity index (χ0n) is 18.7. The second kappa shape index (κ2) is 9.26. The number of allylic oxidation sites excluding steroid dienone is 1. The van der Waals surface area contributed by atoms with Crippen molar-refractivity contribution in [3.8, 4) is 11.5 Å². The number of hydrogen-bond donors (Lipinski definition) is 5. The van der Waals surface area contributed by atoms with Crippen LogP contribution in [0.4, 0.5) is 17.1 Å². The monoisotopic (exact) mass is 444 g/mol. The van der Waals surface area contributed by atoms with Crippen LogP contribution >= 0.6 is 0 Å². The summed E-state index contributed by atoms with van der Waals surface area (Å²) in [6.07, 6.45) is 0.769. The van der Waals surface area contributed by atoms with Gasteiger partial charge in [0.1, 0.15) is 0 Å². The molecule has 3 aromatic rings. The fourth-order valence-electron chi connectivity index (χ4n) is 3.96. The third-order valence-corrected chi connectivity index (χ3v) is 5.72. The quantitative estimate of drug-likeness (QED) is 0.213. The summed E-state index contributed by atoms with van der Waals surface area (Å²) in [5.41, 5.74) is 12.5. The molecule has 0 aliphatic carbocycles. The average Bonchev–Trinajstić information content (AvgIpc) is 3.11. The molecule has 33 heavy (non-hydrogen) atoms. The number of nitrogens with two attached hydrogens (primary N) is 1. The molecular formula is C26H28N4O3. The van der Waals surface area contributed by atoms with Gasteiger partial charge in [-0.15, -0.1) is 0 Å². The van der Waals surface area contributed by atoms with E-state index in [1.165, 1.54) is 11.6 Å². The zero-order chi connectivity index (χ0) is 23.5. The predicted octanol–water partition coefficient (Wildman–Crippen LogP) is 4.15. The number of phenols is 2. The zero-order valence-corrected chi connectivity index (χ0v) is 18.7. The fraction of sp³-hybridized carbons (Fsp3) is 0.192. The van der Waals surface area contributed by atoms with Gasteiger partial charge < -0.3 is 31.5 Å². The number of hydrogen-bond acceptors (Lipinski definition) is 6. The van der Waals surface area contributed by atoms with Crippen LogP contribution in [0, 0.1) is 0 Å². The number of phenolic OH excluding ortho intramolecular Hbond substituents is 2. The highest BCUT2D eigenvalue weighted by molar-refractivity contribution is 6.32. The number of fused-ring (bicyclic) bond motifs is 1. The molecule has 7 nitrogen and oxygen atoms in total. The van der Waals surface area contributed by atoms with E-state index in [1.54, 1.807) is 12.1 Å². The molecule has 3 aromatic carbocycles. The predicted molar refractivity (Wildman–Crippen MR) is 132 cm³/mol. The first-order valence-electron chi connectivity index (χ1n) is 10.8. The van der Waals surface area contributed by atoms with Gasteiger partial charge >= 0.3 is 0 Å². The van der Waals surface area contributed by atoms with Gasteiger partial charge in [0.2, 0.25) is 0 Å². The third-order valence-electron chi connectivity index (χ3n) is 5.72. The second-order valence-corrected chi connectivity index (χ2v) is 8.39. The van der Waals surface area contributed by atoms with Crippen LogP contribution in [-0.2, 0) is 17.8 Å². The van der Waals surface area contributed by atoms with Gasteiger partial charge in [-0.05, 0) is 74.0 Å². The van der Waals surface area contributed by atoms with E-state index in [0.29, 0.717) is 11.3 Å². The molecule has 0 aromatic heterocycles. The number of amides is 1. The molecule has 0 spiro atoms. The van der Waals surface area contributed by atoms with Gasteiger partial charge in [-0.1, -0.05) is 18.2 Å². The Hall–Kier alpha value is -3.97. The summed E-state index contributed by atoms with van der Waals surface area (Å²) in [5.74, 6) is -0.333. The molecule has 0 radical (unpaired) electrons. The maximum Gasteiger partial charge on any atom is 0.258 e. The maximum absolute atomic E-state index is 12.5. The Morgan fingerprint density at radius 1 is 1.00 bits per heavy atom. The minimum atomic E-state index is -0.138. The number of anilines is 3. The number of carbonyl (C=O) groups is 1. The summed E-state index contributed by atoms with van der Waals surface area (Å²) < 4.78 is 0.